The van der Waals surface area contributed by atoms with Gasteiger partial charge in [0, 0.05) is 57.0 Å². The summed E-state index contributed by atoms with van der Waals surface area (Å²) < 4.78 is 10.2. The first-order valence-corrected chi connectivity index (χ1v) is 11.0. The van der Waals surface area contributed by atoms with E-state index in [4.69, 9.17) is 9.26 Å². The Balaban J connectivity index is 1.20. The van der Waals surface area contributed by atoms with Crippen molar-refractivity contribution in [2.24, 2.45) is 0 Å². The van der Waals surface area contributed by atoms with Crippen LogP contribution in [0.1, 0.15) is 21.8 Å². The summed E-state index contributed by atoms with van der Waals surface area (Å²) in [7, 11) is 1.59. The van der Waals surface area contributed by atoms with Crippen molar-refractivity contribution in [2.75, 3.05) is 33.3 Å². The van der Waals surface area contributed by atoms with Crippen LogP contribution in [0.2, 0.25) is 0 Å². The van der Waals surface area contributed by atoms with E-state index in [1.165, 1.54) is 5.56 Å². The summed E-state index contributed by atoms with van der Waals surface area (Å²) in [5, 5.41) is 5.03. The lowest BCUT2D eigenvalue weighted by atomic mass is 10.1. The molecule has 4 aromatic rings. The molecule has 168 valence electrons. The van der Waals surface area contributed by atoms with Crippen molar-refractivity contribution in [3.8, 4) is 11.4 Å². The van der Waals surface area contributed by atoms with Gasteiger partial charge in [-0.05, 0) is 23.8 Å². The number of methoxy groups -OCH3 is 1. The van der Waals surface area contributed by atoms with Gasteiger partial charge in [0.2, 0.25) is 5.82 Å². The van der Waals surface area contributed by atoms with Crippen LogP contribution in [0.25, 0.3) is 22.3 Å². The third-order valence-electron chi connectivity index (χ3n) is 5.82. The lowest BCUT2D eigenvalue weighted by Crippen LogP contribution is -2.48. The van der Waals surface area contributed by atoms with E-state index in [0.29, 0.717) is 37.0 Å². The van der Waals surface area contributed by atoms with Gasteiger partial charge in [0.05, 0.1) is 11.1 Å². The van der Waals surface area contributed by atoms with Gasteiger partial charge in [-0.3, -0.25) is 14.7 Å². The van der Waals surface area contributed by atoms with Crippen LogP contribution in [0.3, 0.4) is 0 Å². The lowest BCUT2D eigenvalue weighted by molar-refractivity contribution is 0.0628. The van der Waals surface area contributed by atoms with Crippen molar-refractivity contribution in [3.63, 3.8) is 0 Å². The molecule has 5 rings (SSSR count). The lowest BCUT2D eigenvalue weighted by Gasteiger charge is -2.34. The standard InChI is InChI=1S/C25H25N5O3/c1-32-17-23-27-24(28-33-23)20-7-4-5-18(13-20)16-29-9-11-30(12-10-29)25(31)21-14-19-6-2-3-8-22(19)26-15-21/h2-8,13-15H,9-12,16-17H2,1H3. The van der Waals surface area contributed by atoms with Crippen LogP contribution in [0.5, 0.6) is 0 Å². The molecule has 8 heteroatoms. The van der Waals surface area contributed by atoms with Crippen molar-refractivity contribution in [3.05, 3.63) is 77.8 Å². The monoisotopic (exact) mass is 443 g/mol. The van der Waals surface area contributed by atoms with Crippen LogP contribution in [0.15, 0.2) is 65.3 Å². The minimum absolute atomic E-state index is 0.0406. The zero-order chi connectivity index (χ0) is 22.6. The first-order valence-electron chi connectivity index (χ1n) is 11.0. The van der Waals surface area contributed by atoms with Crippen LogP contribution in [-0.2, 0) is 17.9 Å². The van der Waals surface area contributed by atoms with Crippen molar-refractivity contribution in [1.82, 2.24) is 24.9 Å². The van der Waals surface area contributed by atoms with E-state index in [1.807, 2.05) is 47.4 Å². The number of aromatic nitrogens is 3. The van der Waals surface area contributed by atoms with Gasteiger partial charge < -0.3 is 14.2 Å². The number of hydrogen-bond acceptors (Lipinski definition) is 7. The maximum absolute atomic E-state index is 13.0. The Bertz CT molecular complexity index is 1260. The zero-order valence-corrected chi connectivity index (χ0v) is 18.5. The number of carbonyl (C=O) groups excluding carboxylic acids is 1. The van der Waals surface area contributed by atoms with Gasteiger partial charge in [-0.2, -0.15) is 4.98 Å². The third kappa shape index (κ3) is 4.76. The second-order valence-corrected chi connectivity index (χ2v) is 8.13. The van der Waals surface area contributed by atoms with Gasteiger partial charge in [0.1, 0.15) is 6.61 Å². The highest BCUT2D eigenvalue weighted by Crippen LogP contribution is 2.20. The average Bonchev–Trinajstić information content (AvgIpc) is 3.33. The molecule has 0 saturated carbocycles. The van der Waals surface area contributed by atoms with E-state index < -0.39 is 0 Å². The quantitative estimate of drug-likeness (QED) is 0.452. The molecule has 0 unspecified atom stereocenters. The number of ether oxygens (including phenoxy) is 1. The molecule has 33 heavy (non-hydrogen) atoms. The molecule has 8 nitrogen and oxygen atoms in total. The molecular formula is C25H25N5O3. The number of pyridine rings is 1. The Kier molecular flexibility index (Phi) is 6.10. The van der Waals surface area contributed by atoms with Crippen LogP contribution < -0.4 is 0 Å². The van der Waals surface area contributed by atoms with Gasteiger partial charge >= 0.3 is 0 Å². The summed E-state index contributed by atoms with van der Waals surface area (Å²) in [5.41, 5.74) is 3.62. The molecule has 0 spiro atoms. The van der Waals surface area contributed by atoms with Crippen molar-refractivity contribution >= 4 is 16.8 Å². The van der Waals surface area contributed by atoms with E-state index in [9.17, 15) is 4.79 Å². The fraction of sp³-hybridized carbons (Fsp3) is 0.280. The number of piperazine rings is 1. The predicted octanol–water partition coefficient (Wildman–Crippen LogP) is 3.39. The summed E-state index contributed by atoms with van der Waals surface area (Å²) in [6, 6.07) is 17.9. The van der Waals surface area contributed by atoms with E-state index in [2.05, 4.69) is 32.2 Å². The van der Waals surface area contributed by atoms with Gasteiger partial charge in [-0.25, -0.2) is 0 Å². The highest BCUT2D eigenvalue weighted by atomic mass is 16.5. The first kappa shape index (κ1) is 21.2. The van der Waals surface area contributed by atoms with Gasteiger partial charge in [-0.1, -0.05) is 41.6 Å². The zero-order valence-electron chi connectivity index (χ0n) is 18.5. The molecule has 3 heterocycles. The van der Waals surface area contributed by atoms with Crippen molar-refractivity contribution < 1.29 is 14.1 Å². The minimum atomic E-state index is 0.0406. The van der Waals surface area contributed by atoms with Crippen LogP contribution in [-0.4, -0.2) is 64.1 Å². The second kappa shape index (κ2) is 9.48. The van der Waals surface area contributed by atoms with Gasteiger partial charge in [-0.15, -0.1) is 0 Å². The highest BCUT2D eigenvalue weighted by Gasteiger charge is 2.23. The summed E-state index contributed by atoms with van der Waals surface area (Å²) in [5.74, 6) is 1.06. The van der Waals surface area contributed by atoms with Gasteiger partial charge in [0.25, 0.3) is 11.8 Å². The molecule has 0 aliphatic carbocycles. The van der Waals surface area contributed by atoms with Crippen molar-refractivity contribution in [2.45, 2.75) is 13.2 Å². The molecule has 1 fully saturated rings. The number of amides is 1. The van der Waals surface area contributed by atoms with E-state index in [-0.39, 0.29) is 5.91 Å². The SMILES string of the molecule is COCc1nc(-c2cccc(CN3CCN(C(=O)c4cnc5ccccc5c4)CC3)c2)no1. The summed E-state index contributed by atoms with van der Waals surface area (Å²) in [4.78, 5) is 26.1. The highest BCUT2D eigenvalue weighted by molar-refractivity contribution is 5.97. The van der Waals surface area contributed by atoms with Crippen LogP contribution in [0.4, 0.5) is 0 Å². The van der Waals surface area contributed by atoms with Crippen LogP contribution in [0, 0.1) is 0 Å². The largest absolute Gasteiger partial charge is 0.375 e. The number of nitrogens with zero attached hydrogens (tertiary/aromatic N) is 5. The number of fused-ring (bicyclic) bond motifs is 1. The molecule has 2 aromatic carbocycles. The Morgan fingerprint density at radius 3 is 2.76 bits per heavy atom. The average molecular weight is 444 g/mol. The molecular weight excluding hydrogens is 418 g/mol. The van der Waals surface area contributed by atoms with Crippen molar-refractivity contribution in [1.29, 1.82) is 0 Å². The Morgan fingerprint density at radius 1 is 1.06 bits per heavy atom. The van der Waals surface area contributed by atoms with E-state index >= 15 is 0 Å². The summed E-state index contributed by atoms with van der Waals surface area (Å²) in [6.45, 7) is 4.11. The Morgan fingerprint density at radius 2 is 1.91 bits per heavy atom. The first-order chi connectivity index (χ1) is 16.2. The summed E-state index contributed by atoms with van der Waals surface area (Å²) >= 11 is 0. The molecule has 2 aromatic heterocycles. The fourth-order valence-electron chi connectivity index (χ4n) is 4.10. The second-order valence-electron chi connectivity index (χ2n) is 8.13. The molecule has 1 aliphatic rings. The maximum atomic E-state index is 13.0. The Hall–Kier alpha value is -3.62. The number of carbonyl (C=O) groups is 1. The molecule has 0 bridgehead atoms. The number of para-hydroxylation sites is 1. The number of hydrogen-bond donors (Lipinski definition) is 0. The summed E-state index contributed by atoms with van der Waals surface area (Å²) in [6.07, 6.45) is 1.68. The third-order valence-corrected chi connectivity index (χ3v) is 5.82. The van der Waals surface area contributed by atoms with Crippen LogP contribution >= 0.6 is 0 Å². The predicted molar refractivity (Wildman–Crippen MR) is 123 cm³/mol. The minimum Gasteiger partial charge on any atom is -0.375 e. The molecule has 1 amide bonds. The number of benzene rings is 2. The normalized spacial score (nSPS) is 14.6. The fourth-order valence-corrected chi connectivity index (χ4v) is 4.10. The van der Waals surface area contributed by atoms with E-state index in [0.717, 1.165) is 36.1 Å². The topological polar surface area (TPSA) is 84.6 Å². The molecule has 1 aliphatic heterocycles. The molecule has 0 radical (unpaired) electrons. The molecule has 0 N–H and O–H groups in total. The van der Waals surface area contributed by atoms with E-state index in [1.54, 1.807) is 13.3 Å². The van der Waals surface area contributed by atoms with Gasteiger partial charge in [0.15, 0.2) is 0 Å². The smallest absolute Gasteiger partial charge is 0.255 e. The molecule has 1 saturated heterocycles. The maximum Gasteiger partial charge on any atom is 0.255 e. The molecule has 0 atom stereocenters. The number of rotatable bonds is 6. The Labute approximate surface area is 191 Å².